The van der Waals surface area contributed by atoms with Crippen LogP contribution in [-0.2, 0) is 0 Å². The van der Waals surface area contributed by atoms with Crippen molar-refractivity contribution in [3.8, 4) is 0 Å². The van der Waals surface area contributed by atoms with Crippen LogP contribution in [-0.4, -0.2) is 29.8 Å². The number of carbonyl (C=O) groups excluding carboxylic acids is 1. The molecule has 1 aliphatic heterocycles. The van der Waals surface area contributed by atoms with Gasteiger partial charge in [0.25, 0.3) is 11.8 Å². The Labute approximate surface area is 92.0 Å². The van der Waals surface area contributed by atoms with E-state index in [-0.39, 0.29) is 5.76 Å². The van der Waals surface area contributed by atoms with Crippen LogP contribution >= 0.6 is 0 Å². The van der Waals surface area contributed by atoms with E-state index < -0.39 is 24.3 Å². The standard InChI is InChI=1S/C11H13F2NO2/c1-8-4-5-14(7-11(8,12)13)10(15)9-3-2-6-16-9/h2-3,6,8H,4-5,7H2,1H3. The maximum absolute atomic E-state index is 13.4. The monoisotopic (exact) mass is 229 g/mol. The molecular weight excluding hydrogens is 216 g/mol. The lowest BCUT2D eigenvalue weighted by atomic mass is 9.95. The number of furan rings is 1. The molecule has 1 saturated heterocycles. The van der Waals surface area contributed by atoms with Crippen molar-refractivity contribution in [3.05, 3.63) is 24.2 Å². The molecule has 0 aliphatic carbocycles. The fourth-order valence-electron chi connectivity index (χ4n) is 1.78. The first-order valence-electron chi connectivity index (χ1n) is 5.21. The molecule has 0 spiro atoms. The van der Waals surface area contributed by atoms with Crippen molar-refractivity contribution in [2.75, 3.05) is 13.1 Å². The third-order valence-corrected chi connectivity index (χ3v) is 2.97. The number of rotatable bonds is 1. The van der Waals surface area contributed by atoms with E-state index in [1.54, 1.807) is 6.07 Å². The van der Waals surface area contributed by atoms with Crippen molar-refractivity contribution in [2.45, 2.75) is 19.3 Å². The molecule has 1 aromatic rings. The number of likely N-dealkylation sites (tertiary alicyclic amines) is 1. The summed E-state index contributed by atoms with van der Waals surface area (Å²) in [6.45, 7) is 1.35. The summed E-state index contributed by atoms with van der Waals surface area (Å²) in [5.74, 6) is -3.82. The highest BCUT2D eigenvalue weighted by molar-refractivity contribution is 5.91. The lowest BCUT2D eigenvalue weighted by Crippen LogP contribution is -2.49. The molecule has 2 heterocycles. The van der Waals surface area contributed by atoms with Crippen LogP contribution < -0.4 is 0 Å². The van der Waals surface area contributed by atoms with E-state index >= 15 is 0 Å². The normalized spacial score (nSPS) is 24.4. The summed E-state index contributed by atoms with van der Waals surface area (Å²) in [6.07, 6.45) is 1.68. The van der Waals surface area contributed by atoms with Crippen LogP contribution in [0.4, 0.5) is 8.78 Å². The third kappa shape index (κ3) is 1.94. The highest BCUT2D eigenvalue weighted by atomic mass is 19.3. The van der Waals surface area contributed by atoms with Crippen molar-refractivity contribution in [1.29, 1.82) is 0 Å². The highest BCUT2D eigenvalue weighted by Gasteiger charge is 2.43. The van der Waals surface area contributed by atoms with Gasteiger partial charge in [-0.1, -0.05) is 6.92 Å². The molecule has 1 aromatic heterocycles. The molecule has 88 valence electrons. The zero-order valence-electron chi connectivity index (χ0n) is 8.95. The Balaban J connectivity index is 2.10. The topological polar surface area (TPSA) is 33.5 Å². The van der Waals surface area contributed by atoms with Gasteiger partial charge in [0.05, 0.1) is 12.8 Å². The van der Waals surface area contributed by atoms with Crippen LogP contribution in [0.3, 0.4) is 0 Å². The van der Waals surface area contributed by atoms with Crippen LogP contribution in [0, 0.1) is 5.92 Å². The van der Waals surface area contributed by atoms with E-state index in [0.29, 0.717) is 13.0 Å². The number of piperidine rings is 1. The average molecular weight is 229 g/mol. The lowest BCUT2D eigenvalue weighted by Gasteiger charge is -2.36. The van der Waals surface area contributed by atoms with Crippen molar-refractivity contribution < 1.29 is 18.0 Å². The van der Waals surface area contributed by atoms with Gasteiger partial charge in [0.1, 0.15) is 0 Å². The van der Waals surface area contributed by atoms with Gasteiger partial charge in [-0.15, -0.1) is 0 Å². The molecule has 0 saturated carbocycles. The quantitative estimate of drug-likeness (QED) is 0.740. The van der Waals surface area contributed by atoms with Gasteiger partial charge in [-0.2, -0.15) is 0 Å². The van der Waals surface area contributed by atoms with E-state index in [1.165, 1.54) is 19.3 Å². The average Bonchev–Trinajstić information content (AvgIpc) is 2.74. The number of hydrogen-bond acceptors (Lipinski definition) is 2. The minimum Gasteiger partial charge on any atom is -0.459 e. The highest BCUT2D eigenvalue weighted by Crippen LogP contribution is 2.32. The fraction of sp³-hybridized carbons (Fsp3) is 0.545. The Morgan fingerprint density at radius 3 is 2.94 bits per heavy atom. The van der Waals surface area contributed by atoms with E-state index in [9.17, 15) is 13.6 Å². The van der Waals surface area contributed by atoms with Gasteiger partial charge in [-0.05, 0) is 18.6 Å². The van der Waals surface area contributed by atoms with Crippen LogP contribution in [0.1, 0.15) is 23.9 Å². The second-order valence-corrected chi connectivity index (χ2v) is 4.15. The summed E-state index contributed by atoms with van der Waals surface area (Å²) in [7, 11) is 0. The van der Waals surface area contributed by atoms with Crippen molar-refractivity contribution in [2.24, 2.45) is 5.92 Å². The summed E-state index contributed by atoms with van der Waals surface area (Å²) in [6, 6.07) is 3.05. The van der Waals surface area contributed by atoms with Gasteiger partial charge >= 0.3 is 0 Å². The van der Waals surface area contributed by atoms with Gasteiger partial charge in [0.15, 0.2) is 5.76 Å². The number of alkyl halides is 2. The Morgan fingerprint density at radius 2 is 2.38 bits per heavy atom. The molecule has 0 bridgehead atoms. The zero-order valence-corrected chi connectivity index (χ0v) is 8.95. The van der Waals surface area contributed by atoms with Crippen molar-refractivity contribution >= 4 is 5.91 Å². The van der Waals surface area contributed by atoms with Crippen LogP contribution in [0.2, 0.25) is 0 Å². The molecular formula is C11H13F2NO2. The Bertz CT molecular complexity index is 375. The first-order chi connectivity index (χ1) is 7.50. The fourth-order valence-corrected chi connectivity index (χ4v) is 1.78. The number of amides is 1. The molecule has 0 radical (unpaired) electrons. The largest absolute Gasteiger partial charge is 0.459 e. The molecule has 5 heteroatoms. The van der Waals surface area contributed by atoms with E-state index in [2.05, 4.69) is 0 Å². The molecule has 1 amide bonds. The predicted octanol–water partition coefficient (Wildman–Crippen LogP) is 2.40. The van der Waals surface area contributed by atoms with Crippen LogP contribution in [0.15, 0.2) is 22.8 Å². The molecule has 16 heavy (non-hydrogen) atoms. The molecule has 3 nitrogen and oxygen atoms in total. The van der Waals surface area contributed by atoms with Crippen LogP contribution in [0.25, 0.3) is 0 Å². The van der Waals surface area contributed by atoms with Crippen molar-refractivity contribution in [3.63, 3.8) is 0 Å². The number of carbonyl (C=O) groups is 1. The maximum Gasteiger partial charge on any atom is 0.289 e. The first-order valence-corrected chi connectivity index (χ1v) is 5.21. The summed E-state index contributed by atoms with van der Waals surface area (Å²) < 4.78 is 31.8. The van der Waals surface area contributed by atoms with Crippen molar-refractivity contribution in [1.82, 2.24) is 4.90 Å². The predicted molar refractivity (Wildman–Crippen MR) is 53.3 cm³/mol. The SMILES string of the molecule is CC1CCN(C(=O)c2ccco2)CC1(F)F. The summed E-state index contributed by atoms with van der Waals surface area (Å²) in [4.78, 5) is 12.9. The molecule has 1 aliphatic rings. The second-order valence-electron chi connectivity index (χ2n) is 4.15. The minimum absolute atomic E-state index is 0.116. The van der Waals surface area contributed by atoms with Gasteiger partial charge in [-0.25, -0.2) is 8.78 Å². The smallest absolute Gasteiger partial charge is 0.289 e. The van der Waals surface area contributed by atoms with Gasteiger partial charge < -0.3 is 9.32 Å². The Morgan fingerprint density at radius 1 is 1.62 bits per heavy atom. The zero-order chi connectivity index (χ0) is 11.8. The molecule has 2 rings (SSSR count). The number of hydrogen-bond donors (Lipinski definition) is 0. The maximum atomic E-state index is 13.4. The number of nitrogens with zero attached hydrogens (tertiary/aromatic N) is 1. The molecule has 0 N–H and O–H groups in total. The second kappa shape index (κ2) is 3.88. The third-order valence-electron chi connectivity index (χ3n) is 2.97. The van der Waals surface area contributed by atoms with Gasteiger partial charge in [0.2, 0.25) is 0 Å². The molecule has 1 unspecified atom stereocenters. The van der Waals surface area contributed by atoms with Crippen LogP contribution in [0.5, 0.6) is 0 Å². The minimum atomic E-state index is -2.81. The van der Waals surface area contributed by atoms with Gasteiger partial charge in [-0.3, -0.25) is 4.79 Å². The van der Waals surface area contributed by atoms with E-state index in [0.717, 1.165) is 4.90 Å². The summed E-state index contributed by atoms with van der Waals surface area (Å²) >= 11 is 0. The molecule has 0 aromatic carbocycles. The van der Waals surface area contributed by atoms with Gasteiger partial charge in [0, 0.05) is 12.5 Å². The summed E-state index contributed by atoms with van der Waals surface area (Å²) in [5, 5.41) is 0. The number of halogens is 2. The lowest BCUT2D eigenvalue weighted by molar-refractivity contribution is -0.0961. The van der Waals surface area contributed by atoms with E-state index in [4.69, 9.17) is 4.42 Å². The van der Waals surface area contributed by atoms with E-state index in [1.807, 2.05) is 0 Å². The summed E-state index contributed by atoms with van der Waals surface area (Å²) in [5.41, 5.74) is 0. The Hall–Kier alpha value is -1.39. The molecule has 1 fully saturated rings. The first kappa shape index (κ1) is 11.1. The molecule has 1 atom stereocenters. The Kier molecular flexibility index (Phi) is 2.69.